The number of nitrogens with one attached hydrogen (secondary N) is 2. The lowest BCUT2D eigenvalue weighted by molar-refractivity contribution is -0.137. The predicted molar refractivity (Wildman–Crippen MR) is 122 cm³/mol. The number of benzene rings is 1. The smallest absolute Gasteiger partial charge is 0.354 e. The van der Waals surface area contributed by atoms with Crippen LogP contribution in [0.3, 0.4) is 0 Å². The van der Waals surface area contributed by atoms with Crippen LogP contribution < -0.4 is 20.4 Å². The van der Waals surface area contributed by atoms with Gasteiger partial charge in [-0.05, 0) is 44.5 Å². The molecular formula is C24H26F5N5O2. The molecule has 2 aromatic rings. The third kappa shape index (κ3) is 5.43. The van der Waals surface area contributed by atoms with Crippen molar-refractivity contribution < 1.29 is 31.5 Å². The molecule has 2 aliphatic heterocycles. The van der Waals surface area contributed by atoms with Gasteiger partial charge in [0.25, 0.3) is 0 Å². The molecule has 2 amide bonds. The number of anilines is 2. The maximum atomic E-state index is 13.9. The molecule has 3 unspecified atom stereocenters. The minimum Gasteiger partial charge on any atom is -0.354 e. The van der Waals surface area contributed by atoms with E-state index in [1.807, 2.05) is 0 Å². The minimum atomic E-state index is -4.60. The van der Waals surface area contributed by atoms with Crippen LogP contribution in [-0.4, -0.2) is 54.6 Å². The molecule has 7 nitrogen and oxygen atoms in total. The molecule has 4 rings (SSSR count). The van der Waals surface area contributed by atoms with E-state index in [0.29, 0.717) is 6.54 Å². The lowest BCUT2D eigenvalue weighted by Crippen LogP contribution is -2.46. The van der Waals surface area contributed by atoms with Gasteiger partial charge in [0.2, 0.25) is 11.8 Å². The normalized spacial score (nSPS) is 22.1. The van der Waals surface area contributed by atoms with Crippen LogP contribution in [0.15, 0.2) is 30.3 Å². The highest BCUT2D eigenvalue weighted by atomic mass is 19.4. The lowest BCUT2D eigenvalue weighted by Gasteiger charge is -2.30. The van der Waals surface area contributed by atoms with E-state index >= 15 is 0 Å². The van der Waals surface area contributed by atoms with Crippen LogP contribution >= 0.6 is 0 Å². The Balaban J connectivity index is 1.67. The molecule has 1 aromatic carbocycles. The second-order valence-electron chi connectivity index (χ2n) is 9.01. The summed E-state index contributed by atoms with van der Waals surface area (Å²) in [5.74, 6) is -2.77. The molecule has 36 heavy (non-hydrogen) atoms. The third-order valence-corrected chi connectivity index (χ3v) is 6.39. The number of carbonyl (C=O) groups is 2. The standard InChI is InChI=1S/C24H26F5N5O2/c1-3-33(17-4-5-18(25)19(26)10-17)23(36)20-8-16(32-15-9-22(35)30-11-15)12-34(20)21-7-14(24(27,28)29)6-13(2)31-21/h4-7,10,15-16,20,32H,3,8-9,11-12H2,1-2H3,(H,30,35). The Kier molecular flexibility index (Phi) is 7.17. The molecule has 194 valence electrons. The van der Waals surface area contributed by atoms with Gasteiger partial charge in [0, 0.05) is 55.6 Å². The topological polar surface area (TPSA) is 77.6 Å². The molecule has 3 heterocycles. The van der Waals surface area contributed by atoms with Crippen LogP contribution in [0.2, 0.25) is 0 Å². The number of nitrogens with zero attached hydrogens (tertiary/aromatic N) is 3. The van der Waals surface area contributed by atoms with E-state index in [9.17, 15) is 31.5 Å². The molecule has 0 aliphatic carbocycles. The molecule has 12 heteroatoms. The Bertz CT molecular complexity index is 1160. The molecule has 1 aromatic heterocycles. The van der Waals surface area contributed by atoms with E-state index < -0.39 is 35.3 Å². The lowest BCUT2D eigenvalue weighted by atomic mass is 10.1. The molecule has 0 saturated carbocycles. The zero-order valence-electron chi connectivity index (χ0n) is 19.7. The Hall–Kier alpha value is -3.28. The van der Waals surface area contributed by atoms with Gasteiger partial charge in [-0.3, -0.25) is 9.59 Å². The SMILES string of the molecule is CCN(C(=O)C1CC(NC2CNC(=O)C2)CN1c1cc(C(F)(F)F)cc(C)n1)c1ccc(F)c(F)c1. The number of amides is 2. The minimum absolute atomic E-state index is 0.00746. The van der Waals surface area contributed by atoms with Crippen molar-refractivity contribution in [3.8, 4) is 0 Å². The second kappa shape index (κ2) is 10.00. The first-order valence-corrected chi connectivity index (χ1v) is 11.6. The summed E-state index contributed by atoms with van der Waals surface area (Å²) < 4.78 is 67.9. The molecule has 2 N–H and O–H groups in total. The van der Waals surface area contributed by atoms with Crippen LogP contribution in [0.1, 0.15) is 31.0 Å². The summed E-state index contributed by atoms with van der Waals surface area (Å²) in [6, 6.07) is 3.52. The number of hydrogen-bond acceptors (Lipinski definition) is 5. The number of hydrogen-bond donors (Lipinski definition) is 2. The monoisotopic (exact) mass is 511 g/mol. The second-order valence-corrected chi connectivity index (χ2v) is 9.01. The van der Waals surface area contributed by atoms with Gasteiger partial charge in [-0.2, -0.15) is 13.2 Å². The van der Waals surface area contributed by atoms with Gasteiger partial charge in [-0.15, -0.1) is 0 Å². The fraction of sp³-hybridized carbons (Fsp3) is 0.458. The summed E-state index contributed by atoms with van der Waals surface area (Å²) in [5, 5.41) is 6.03. The highest BCUT2D eigenvalue weighted by Gasteiger charge is 2.42. The van der Waals surface area contributed by atoms with E-state index in [2.05, 4.69) is 15.6 Å². The van der Waals surface area contributed by atoms with E-state index in [1.54, 1.807) is 6.92 Å². The summed E-state index contributed by atoms with van der Waals surface area (Å²) >= 11 is 0. The third-order valence-electron chi connectivity index (χ3n) is 6.39. The highest BCUT2D eigenvalue weighted by molar-refractivity contribution is 5.99. The largest absolute Gasteiger partial charge is 0.416 e. The van der Waals surface area contributed by atoms with Crippen LogP contribution in [0, 0.1) is 18.6 Å². The highest BCUT2D eigenvalue weighted by Crippen LogP contribution is 2.34. The molecule has 0 spiro atoms. The summed E-state index contributed by atoms with van der Waals surface area (Å²) in [6.07, 6.45) is -4.12. The van der Waals surface area contributed by atoms with Crippen molar-refractivity contribution >= 4 is 23.3 Å². The fourth-order valence-corrected chi connectivity index (χ4v) is 4.76. The average Bonchev–Trinajstić information content (AvgIpc) is 3.41. The van der Waals surface area contributed by atoms with Crippen LogP contribution in [0.5, 0.6) is 0 Å². The van der Waals surface area contributed by atoms with Gasteiger partial charge in [0.15, 0.2) is 11.6 Å². The Labute approximate surface area is 204 Å². The van der Waals surface area contributed by atoms with Crippen LogP contribution in [0.25, 0.3) is 0 Å². The van der Waals surface area contributed by atoms with Crippen LogP contribution in [0.4, 0.5) is 33.5 Å². The van der Waals surface area contributed by atoms with E-state index in [1.165, 1.54) is 22.8 Å². The number of halogens is 5. The first-order chi connectivity index (χ1) is 17.0. The maximum absolute atomic E-state index is 13.9. The average molecular weight is 511 g/mol. The van der Waals surface area contributed by atoms with Crippen molar-refractivity contribution in [1.82, 2.24) is 15.6 Å². The number of rotatable bonds is 6. The molecule has 0 bridgehead atoms. The van der Waals surface area contributed by atoms with Crippen molar-refractivity contribution in [2.24, 2.45) is 0 Å². The first-order valence-electron chi connectivity index (χ1n) is 11.6. The summed E-state index contributed by atoms with van der Waals surface area (Å²) in [5.41, 5.74) is -0.608. The van der Waals surface area contributed by atoms with Gasteiger partial charge < -0.3 is 20.4 Å². The van der Waals surface area contributed by atoms with Crippen molar-refractivity contribution in [1.29, 1.82) is 0 Å². The molecule has 3 atom stereocenters. The van der Waals surface area contributed by atoms with Gasteiger partial charge in [-0.25, -0.2) is 13.8 Å². The number of likely N-dealkylation sites (N-methyl/N-ethyl adjacent to an activating group) is 1. The van der Waals surface area contributed by atoms with Crippen LogP contribution in [-0.2, 0) is 15.8 Å². The number of aryl methyl sites for hydroxylation is 1. The number of aromatic nitrogens is 1. The maximum Gasteiger partial charge on any atom is 0.416 e. The first kappa shape index (κ1) is 25.8. The van der Waals surface area contributed by atoms with E-state index in [-0.39, 0.29) is 61.1 Å². The Morgan fingerprint density at radius 1 is 1.19 bits per heavy atom. The van der Waals surface area contributed by atoms with Gasteiger partial charge in [-0.1, -0.05) is 0 Å². The summed E-state index contributed by atoms with van der Waals surface area (Å²) in [4.78, 5) is 32.3. The van der Waals surface area contributed by atoms with Crippen molar-refractivity contribution in [2.45, 2.75) is 51.0 Å². The van der Waals surface area contributed by atoms with Gasteiger partial charge in [0.05, 0.1) is 5.56 Å². The van der Waals surface area contributed by atoms with Gasteiger partial charge >= 0.3 is 6.18 Å². The van der Waals surface area contributed by atoms with E-state index in [0.717, 1.165) is 24.3 Å². The Morgan fingerprint density at radius 2 is 1.94 bits per heavy atom. The molecule has 0 radical (unpaired) electrons. The van der Waals surface area contributed by atoms with Crippen molar-refractivity contribution in [3.05, 3.63) is 53.2 Å². The number of alkyl halides is 3. The van der Waals surface area contributed by atoms with Gasteiger partial charge in [0.1, 0.15) is 11.9 Å². The Morgan fingerprint density at radius 3 is 2.56 bits per heavy atom. The molecule has 2 saturated heterocycles. The van der Waals surface area contributed by atoms with Crippen molar-refractivity contribution in [3.63, 3.8) is 0 Å². The van der Waals surface area contributed by atoms with Crippen molar-refractivity contribution in [2.75, 3.05) is 29.4 Å². The molecule has 2 aliphatic rings. The summed E-state index contributed by atoms with van der Waals surface area (Å²) in [6.45, 7) is 3.81. The number of carbonyl (C=O) groups excluding carboxylic acids is 2. The molecule has 2 fully saturated rings. The quantitative estimate of drug-likeness (QED) is 0.583. The number of pyridine rings is 1. The zero-order valence-corrected chi connectivity index (χ0v) is 19.7. The summed E-state index contributed by atoms with van der Waals surface area (Å²) in [7, 11) is 0. The van der Waals surface area contributed by atoms with E-state index in [4.69, 9.17) is 0 Å². The fourth-order valence-electron chi connectivity index (χ4n) is 4.76. The molecular weight excluding hydrogens is 485 g/mol. The zero-order chi connectivity index (χ0) is 26.2. The predicted octanol–water partition coefficient (Wildman–Crippen LogP) is 3.17.